The maximum atomic E-state index is 12.3. The van der Waals surface area contributed by atoms with Crippen molar-refractivity contribution in [3.8, 4) is 5.75 Å². The van der Waals surface area contributed by atoms with E-state index in [0.29, 0.717) is 24.5 Å². The molecule has 1 N–H and O–H groups in total. The third-order valence-corrected chi connectivity index (χ3v) is 5.78. The molecular formula is C19H22N2O5S. The Morgan fingerprint density at radius 3 is 2.30 bits per heavy atom. The molecule has 144 valence electrons. The van der Waals surface area contributed by atoms with E-state index < -0.39 is 10.0 Å². The Bertz CT molecular complexity index is 873. The molecule has 0 saturated carbocycles. The zero-order chi connectivity index (χ0) is 19.3. The van der Waals surface area contributed by atoms with Crippen LogP contribution in [-0.2, 0) is 14.8 Å². The number of anilines is 1. The van der Waals surface area contributed by atoms with Crippen LogP contribution in [0.5, 0.6) is 5.75 Å². The molecule has 8 heteroatoms. The van der Waals surface area contributed by atoms with Crippen molar-refractivity contribution in [1.29, 1.82) is 0 Å². The Balaban J connectivity index is 1.60. The second-order valence-corrected chi connectivity index (χ2v) is 7.84. The number of nitrogens with zero attached hydrogens (tertiary/aromatic N) is 1. The summed E-state index contributed by atoms with van der Waals surface area (Å²) < 4.78 is 37.3. The second kappa shape index (κ2) is 8.51. The van der Waals surface area contributed by atoms with Crippen LogP contribution in [0.25, 0.3) is 0 Å². The lowest BCUT2D eigenvalue weighted by atomic mass is 10.1. The SMILES string of the molecule is COc1ccc(S(=O)(=O)NCC(=O)c2ccc(N3CCOCC3)cc2)cc1. The summed E-state index contributed by atoms with van der Waals surface area (Å²) in [6.45, 7) is 2.71. The van der Waals surface area contributed by atoms with Crippen LogP contribution >= 0.6 is 0 Å². The molecule has 7 nitrogen and oxygen atoms in total. The van der Waals surface area contributed by atoms with E-state index in [4.69, 9.17) is 9.47 Å². The minimum Gasteiger partial charge on any atom is -0.497 e. The number of ketones is 1. The van der Waals surface area contributed by atoms with Gasteiger partial charge in [0.25, 0.3) is 0 Å². The van der Waals surface area contributed by atoms with Crippen molar-refractivity contribution in [2.75, 3.05) is 44.9 Å². The molecule has 0 spiro atoms. The number of methoxy groups -OCH3 is 1. The fourth-order valence-corrected chi connectivity index (χ4v) is 3.76. The average molecular weight is 390 g/mol. The number of morpholine rings is 1. The summed E-state index contributed by atoms with van der Waals surface area (Å²) in [6.07, 6.45) is 0. The molecule has 2 aromatic rings. The van der Waals surface area contributed by atoms with Crippen LogP contribution in [0.4, 0.5) is 5.69 Å². The van der Waals surface area contributed by atoms with Crippen molar-refractivity contribution < 1.29 is 22.7 Å². The molecule has 0 bridgehead atoms. The molecule has 0 radical (unpaired) electrons. The summed E-state index contributed by atoms with van der Waals surface area (Å²) in [5, 5.41) is 0. The van der Waals surface area contributed by atoms with Gasteiger partial charge >= 0.3 is 0 Å². The van der Waals surface area contributed by atoms with E-state index in [1.807, 2.05) is 12.1 Å². The zero-order valence-electron chi connectivity index (χ0n) is 15.1. The molecular weight excluding hydrogens is 368 g/mol. The predicted octanol–water partition coefficient (Wildman–Crippen LogP) is 1.69. The van der Waals surface area contributed by atoms with Gasteiger partial charge in [-0.2, -0.15) is 0 Å². The van der Waals surface area contributed by atoms with Gasteiger partial charge in [0.1, 0.15) is 5.75 Å². The predicted molar refractivity (Wildman–Crippen MR) is 102 cm³/mol. The molecule has 1 fully saturated rings. The molecule has 1 aliphatic heterocycles. The highest BCUT2D eigenvalue weighted by Crippen LogP contribution is 2.18. The number of benzene rings is 2. The van der Waals surface area contributed by atoms with Crippen molar-refractivity contribution in [3.63, 3.8) is 0 Å². The normalized spacial score (nSPS) is 14.8. The highest BCUT2D eigenvalue weighted by Gasteiger charge is 2.17. The van der Waals surface area contributed by atoms with Crippen molar-refractivity contribution in [1.82, 2.24) is 4.72 Å². The summed E-state index contributed by atoms with van der Waals surface area (Å²) in [4.78, 5) is 14.6. The molecule has 3 rings (SSSR count). The van der Waals surface area contributed by atoms with Crippen LogP contribution in [-0.4, -0.2) is 54.2 Å². The smallest absolute Gasteiger partial charge is 0.240 e. The molecule has 0 atom stereocenters. The number of ether oxygens (including phenoxy) is 2. The largest absolute Gasteiger partial charge is 0.497 e. The van der Waals surface area contributed by atoms with E-state index >= 15 is 0 Å². The van der Waals surface area contributed by atoms with Gasteiger partial charge in [-0.25, -0.2) is 13.1 Å². The summed E-state index contributed by atoms with van der Waals surface area (Å²) in [7, 11) is -2.26. The molecule has 27 heavy (non-hydrogen) atoms. The van der Waals surface area contributed by atoms with Crippen molar-refractivity contribution in [2.45, 2.75) is 4.90 Å². The number of nitrogens with one attached hydrogen (secondary N) is 1. The van der Waals surface area contributed by atoms with Crippen molar-refractivity contribution in [3.05, 3.63) is 54.1 Å². The molecule has 0 amide bonds. The first-order chi connectivity index (χ1) is 13.0. The standard InChI is InChI=1S/C19H22N2O5S/c1-25-17-6-8-18(9-7-17)27(23,24)20-14-19(22)15-2-4-16(5-3-15)21-10-12-26-13-11-21/h2-9,20H,10-14H2,1H3. The van der Waals surface area contributed by atoms with E-state index in [0.717, 1.165) is 18.8 Å². The van der Waals surface area contributed by atoms with Gasteiger partial charge < -0.3 is 14.4 Å². The highest BCUT2D eigenvalue weighted by atomic mass is 32.2. The Labute approximate surface area is 158 Å². The molecule has 0 aromatic heterocycles. The lowest BCUT2D eigenvalue weighted by Gasteiger charge is -2.28. The molecule has 0 unspecified atom stereocenters. The number of rotatable bonds is 7. The van der Waals surface area contributed by atoms with Crippen LogP contribution < -0.4 is 14.4 Å². The van der Waals surface area contributed by atoms with E-state index in [2.05, 4.69) is 9.62 Å². The van der Waals surface area contributed by atoms with Gasteiger partial charge in [-0.1, -0.05) is 0 Å². The third kappa shape index (κ3) is 4.85. The fourth-order valence-electron chi connectivity index (χ4n) is 2.78. The molecule has 1 heterocycles. The van der Waals surface area contributed by atoms with Crippen LogP contribution in [0, 0.1) is 0 Å². The third-order valence-electron chi connectivity index (χ3n) is 4.36. The number of carbonyl (C=O) groups is 1. The first-order valence-electron chi connectivity index (χ1n) is 8.59. The van der Waals surface area contributed by atoms with E-state index in [1.165, 1.54) is 19.2 Å². The molecule has 2 aromatic carbocycles. The Hall–Kier alpha value is -2.42. The van der Waals surface area contributed by atoms with Crippen LogP contribution in [0.1, 0.15) is 10.4 Å². The summed E-state index contributed by atoms with van der Waals surface area (Å²) >= 11 is 0. The zero-order valence-corrected chi connectivity index (χ0v) is 15.9. The van der Waals surface area contributed by atoms with Gasteiger partial charge in [-0.3, -0.25) is 4.79 Å². The van der Waals surface area contributed by atoms with E-state index in [-0.39, 0.29) is 17.2 Å². The summed E-state index contributed by atoms with van der Waals surface area (Å²) in [5.74, 6) is 0.269. The highest BCUT2D eigenvalue weighted by molar-refractivity contribution is 7.89. The van der Waals surface area contributed by atoms with Gasteiger partial charge in [0, 0.05) is 24.3 Å². The fraction of sp³-hybridized carbons (Fsp3) is 0.316. The van der Waals surface area contributed by atoms with Gasteiger partial charge in [-0.15, -0.1) is 0 Å². The Morgan fingerprint density at radius 1 is 1.07 bits per heavy atom. The average Bonchev–Trinajstić information content (AvgIpc) is 2.73. The van der Waals surface area contributed by atoms with E-state index in [1.54, 1.807) is 24.3 Å². The molecule has 1 saturated heterocycles. The number of Topliss-reactive ketones (excluding diaryl/α,β-unsaturated/α-hetero) is 1. The topological polar surface area (TPSA) is 84.9 Å². The maximum Gasteiger partial charge on any atom is 0.240 e. The minimum atomic E-state index is -3.76. The molecule has 0 aliphatic carbocycles. The van der Waals surface area contributed by atoms with Gasteiger partial charge in [-0.05, 0) is 48.5 Å². The second-order valence-electron chi connectivity index (χ2n) is 6.07. The van der Waals surface area contributed by atoms with Crippen LogP contribution in [0.15, 0.2) is 53.4 Å². The van der Waals surface area contributed by atoms with Crippen LogP contribution in [0.2, 0.25) is 0 Å². The first-order valence-corrected chi connectivity index (χ1v) is 10.1. The maximum absolute atomic E-state index is 12.3. The number of hydrogen-bond acceptors (Lipinski definition) is 6. The summed E-state index contributed by atoms with van der Waals surface area (Å²) in [5.41, 5.74) is 1.48. The lowest BCUT2D eigenvalue weighted by Crippen LogP contribution is -2.36. The quantitative estimate of drug-likeness (QED) is 0.725. The number of carbonyl (C=O) groups excluding carboxylic acids is 1. The van der Waals surface area contributed by atoms with Crippen LogP contribution in [0.3, 0.4) is 0 Å². The molecule has 1 aliphatic rings. The van der Waals surface area contributed by atoms with Gasteiger partial charge in [0.15, 0.2) is 5.78 Å². The Kier molecular flexibility index (Phi) is 6.10. The summed E-state index contributed by atoms with van der Waals surface area (Å²) in [6, 6.07) is 13.2. The van der Waals surface area contributed by atoms with Crippen molar-refractivity contribution in [2.24, 2.45) is 0 Å². The van der Waals surface area contributed by atoms with Gasteiger partial charge in [0.2, 0.25) is 10.0 Å². The first kappa shape index (κ1) is 19.3. The Morgan fingerprint density at radius 2 is 1.70 bits per heavy atom. The number of hydrogen-bond donors (Lipinski definition) is 1. The lowest BCUT2D eigenvalue weighted by molar-refractivity contribution is 0.0997. The van der Waals surface area contributed by atoms with Gasteiger partial charge in [0.05, 0.1) is 31.8 Å². The van der Waals surface area contributed by atoms with E-state index in [9.17, 15) is 13.2 Å². The monoisotopic (exact) mass is 390 g/mol. The number of sulfonamides is 1. The minimum absolute atomic E-state index is 0.0822. The van der Waals surface area contributed by atoms with Crippen molar-refractivity contribution >= 4 is 21.5 Å².